The summed E-state index contributed by atoms with van der Waals surface area (Å²) in [5.74, 6) is 0. The van der Waals surface area contributed by atoms with Gasteiger partial charge in [-0.15, -0.1) is 0 Å². The van der Waals surface area contributed by atoms with E-state index in [-0.39, 0.29) is 18.2 Å². The molecular formula is C11H19FN2O2. The van der Waals surface area contributed by atoms with Crippen LogP contribution in [0.2, 0.25) is 0 Å². The first kappa shape index (κ1) is 11.6. The quantitative estimate of drug-likeness (QED) is 0.682. The molecule has 4 nitrogen and oxygen atoms in total. The minimum absolute atomic E-state index is 0.0522. The summed E-state index contributed by atoms with van der Waals surface area (Å²) >= 11 is 0. The van der Waals surface area contributed by atoms with E-state index in [9.17, 15) is 9.18 Å². The van der Waals surface area contributed by atoms with Gasteiger partial charge in [0.25, 0.3) is 0 Å². The molecule has 16 heavy (non-hydrogen) atoms. The molecule has 0 aromatic carbocycles. The molecule has 2 aliphatic rings. The highest BCUT2D eigenvalue weighted by atomic mass is 19.1. The zero-order valence-corrected chi connectivity index (χ0v) is 10.00. The van der Waals surface area contributed by atoms with Crippen molar-refractivity contribution in [3.63, 3.8) is 0 Å². The van der Waals surface area contributed by atoms with Gasteiger partial charge in [0.1, 0.15) is 11.8 Å². The number of nitrogens with zero attached hydrogens (tertiary/aromatic N) is 1. The van der Waals surface area contributed by atoms with E-state index in [0.29, 0.717) is 19.5 Å². The van der Waals surface area contributed by atoms with Gasteiger partial charge in [-0.1, -0.05) is 0 Å². The Labute approximate surface area is 95.1 Å². The van der Waals surface area contributed by atoms with E-state index in [4.69, 9.17) is 4.74 Å². The molecule has 0 saturated carbocycles. The Balaban J connectivity index is 2.07. The molecule has 2 fully saturated rings. The van der Waals surface area contributed by atoms with E-state index >= 15 is 0 Å². The van der Waals surface area contributed by atoms with Crippen molar-refractivity contribution < 1.29 is 13.9 Å². The van der Waals surface area contributed by atoms with Crippen LogP contribution in [0.5, 0.6) is 0 Å². The normalized spacial score (nSPS) is 34.0. The molecule has 2 aliphatic heterocycles. The highest BCUT2D eigenvalue weighted by molar-refractivity contribution is 5.70. The summed E-state index contributed by atoms with van der Waals surface area (Å²) in [4.78, 5) is 13.5. The maximum absolute atomic E-state index is 13.6. The van der Waals surface area contributed by atoms with Crippen molar-refractivity contribution in [3.05, 3.63) is 0 Å². The molecule has 1 N–H and O–H groups in total. The topological polar surface area (TPSA) is 41.6 Å². The van der Waals surface area contributed by atoms with E-state index in [1.807, 2.05) is 20.8 Å². The number of fused-ring (bicyclic) bond motifs is 2. The SMILES string of the molecule is CC(C)(C)OC(=O)N1[C@@H]2CNC[C@H]1[C@@H](F)C2. The lowest BCUT2D eigenvalue weighted by molar-refractivity contribution is 0.00730. The van der Waals surface area contributed by atoms with Gasteiger partial charge in [-0.25, -0.2) is 9.18 Å². The van der Waals surface area contributed by atoms with Crippen LogP contribution in [0.4, 0.5) is 9.18 Å². The minimum atomic E-state index is -0.924. The maximum atomic E-state index is 13.6. The minimum Gasteiger partial charge on any atom is -0.444 e. The Bertz CT molecular complexity index is 290. The maximum Gasteiger partial charge on any atom is 0.410 e. The number of amides is 1. The highest BCUT2D eigenvalue weighted by Gasteiger charge is 2.47. The van der Waals surface area contributed by atoms with Gasteiger partial charge < -0.3 is 10.1 Å². The Hall–Kier alpha value is -0.840. The fraction of sp³-hybridized carbons (Fsp3) is 0.909. The van der Waals surface area contributed by atoms with Gasteiger partial charge in [-0.2, -0.15) is 0 Å². The van der Waals surface area contributed by atoms with Crippen LogP contribution in [-0.2, 0) is 4.74 Å². The van der Waals surface area contributed by atoms with Crippen molar-refractivity contribution in [3.8, 4) is 0 Å². The predicted octanol–water partition coefficient (Wildman–Crippen LogP) is 1.31. The average Bonchev–Trinajstić information content (AvgIpc) is 2.31. The summed E-state index contributed by atoms with van der Waals surface area (Å²) in [6.45, 7) is 6.65. The lowest BCUT2D eigenvalue weighted by Gasteiger charge is -2.36. The number of rotatable bonds is 0. The van der Waals surface area contributed by atoms with Crippen LogP contribution in [-0.4, -0.2) is 47.9 Å². The zero-order chi connectivity index (χ0) is 11.9. The third-order valence-corrected chi connectivity index (χ3v) is 3.00. The number of hydrogen-bond acceptors (Lipinski definition) is 3. The molecule has 2 rings (SSSR count). The number of halogens is 1. The second kappa shape index (κ2) is 3.87. The van der Waals surface area contributed by atoms with E-state index in [1.165, 1.54) is 0 Å². The van der Waals surface area contributed by atoms with Crippen molar-refractivity contribution in [2.75, 3.05) is 13.1 Å². The molecule has 0 unspecified atom stereocenters. The first-order valence-corrected chi connectivity index (χ1v) is 5.74. The molecule has 1 amide bonds. The Morgan fingerprint density at radius 2 is 2.12 bits per heavy atom. The van der Waals surface area contributed by atoms with Gasteiger partial charge >= 0.3 is 6.09 Å². The van der Waals surface area contributed by atoms with Crippen molar-refractivity contribution in [1.82, 2.24) is 10.2 Å². The van der Waals surface area contributed by atoms with E-state index in [1.54, 1.807) is 4.90 Å². The molecule has 0 spiro atoms. The van der Waals surface area contributed by atoms with E-state index < -0.39 is 11.8 Å². The second-order valence-electron chi connectivity index (χ2n) is 5.52. The van der Waals surface area contributed by atoms with Gasteiger partial charge in [0.15, 0.2) is 0 Å². The number of hydrogen-bond donors (Lipinski definition) is 1. The average molecular weight is 230 g/mol. The van der Waals surface area contributed by atoms with Crippen LogP contribution in [0.3, 0.4) is 0 Å². The van der Waals surface area contributed by atoms with Crippen LogP contribution < -0.4 is 5.32 Å². The molecule has 5 heteroatoms. The molecule has 92 valence electrons. The molecule has 3 atom stereocenters. The van der Waals surface area contributed by atoms with Crippen molar-refractivity contribution in [2.24, 2.45) is 0 Å². The van der Waals surface area contributed by atoms with Crippen LogP contribution in [0, 0.1) is 0 Å². The monoisotopic (exact) mass is 230 g/mol. The summed E-state index contributed by atoms with van der Waals surface area (Å²) < 4.78 is 18.9. The van der Waals surface area contributed by atoms with Crippen molar-refractivity contribution in [2.45, 2.75) is 51.0 Å². The third kappa shape index (κ3) is 2.14. The van der Waals surface area contributed by atoms with Crippen molar-refractivity contribution in [1.29, 1.82) is 0 Å². The van der Waals surface area contributed by atoms with Gasteiger partial charge in [0, 0.05) is 19.5 Å². The molecule has 2 heterocycles. The van der Waals surface area contributed by atoms with Crippen LogP contribution >= 0.6 is 0 Å². The van der Waals surface area contributed by atoms with Crippen LogP contribution in [0.15, 0.2) is 0 Å². The summed E-state index contributed by atoms with van der Waals surface area (Å²) in [7, 11) is 0. The van der Waals surface area contributed by atoms with E-state index in [0.717, 1.165) is 0 Å². The third-order valence-electron chi connectivity index (χ3n) is 3.00. The Morgan fingerprint density at radius 1 is 1.44 bits per heavy atom. The molecule has 0 aromatic heterocycles. The Kier molecular flexibility index (Phi) is 2.82. The second-order valence-corrected chi connectivity index (χ2v) is 5.52. The summed E-state index contributed by atoms with van der Waals surface area (Å²) in [5.41, 5.74) is -0.521. The lowest BCUT2D eigenvalue weighted by Crippen LogP contribution is -2.56. The largest absolute Gasteiger partial charge is 0.444 e. The molecule has 2 bridgehead atoms. The fourth-order valence-corrected chi connectivity index (χ4v) is 2.38. The number of alkyl halides is 1. The predicted molar refractivity (Wildman–Crippen MR) is 58.0 cm³/mol. The fourth-order valence-electron chi connectivity index (χ4n) is 2.38. The number of carbonyl (C=O) groups excluding carboxylic acids is 1. The van der Waals surface area contributed by atoms with Gasteiger partial charge in [-0.05, 0) is 20.8 Å². The van der Waals surface area contributed by atoms with Gasteiger partial charge in [-0.3, -0.25) is 4.90 Å². The number of nitrogens with one attached hydrogen (secondary N) is 1. The van der Waals surface area contributed by atoms with Crippen LogP contribution in [0.25, 0.3) is 0 Å². The molecule has 0 aromatic rings. The molecule has 0 radical (unpaired) electrons. The molecular weight excluding hydrogens is 211 g/mol. The summed E-state index contributed by atoms with van der Waals surface area (Å²) in [6.07, 6.45) is -0.881. The number of ether oxygens (including phenoxy) is 1. The number of carbonyl (C=O) groups is 1. The Morgan fingerprint density at radius 3 is 2.69 bits per heavy atom. The standard InChI is InChI=1S/C11H19FN2O2/c1-11(2,3)16-10(15)14-7-4-8(12)9(14)6-13-5-7/h7-9,13H,4-6H2,1-3H3/t7-,8-,9-/m0/s1. The van der Waals surface area contributed by atoms with Crippen LogP contribution in [0.1, 0.15) is 27.2 Å². The lowest BCUT2D eigenvalue weighted by atomic mass is 10.2. The molecule has 0 aliphatic carbocycles. The van der Waals surface area contributed by atoms with E-state index in [2.05, 4.69) is 5.32 Å². The van der Waals surface area contributed by atoms with Crippen molar-refractivity contribution >= 4 is 6.09 Å². The van der Waals surface area contributed by atoms with Gasteiger partial charge in [0.2, 0.25) is 0 Å². The first-order chi connectivity index (χ1) is 7.38. The number of piperazine rings is 1. The smallest absolute Gasteiger partial charge is 0.410 e. The zero-order valence-electron chi connectivity index (χ0n) is 10.00. The molecule has 2 saturated heterocycles. The van der Waals surface area contributed by atoms with Gasteiger partial charge in [0.05, 0.1) is 12.1 Å². The summed E-state index contributed by atoms with van der Waals surface area (Å²) in [5, 5.41) is 3.14. The highest BCUT2D eigenvalue weighted by Crippen LogP contribution is 2.30. The summed E-state index contributed by atoms with van der Waals surface area (Å²) in [6, 6.07) is -0.405. The first-order valence-electron chi connectivity index (χ1n) is 5.74.